The van der Waals surface area contributed by atoms with Gasteiger partial charge in [-0.15, -0.1) is 0 Å². The van der Waals surface area contributed by atoms with Crippen LogP contribution < -0.4 is 9.47 Å². The maximum Gasteiger partial charge on any atom is 0.310 e. The minimum absolute atomic E-state index is 0.0957. The predicted octanol–water partition coefficient (Wildman–Crippen LogP) is 2.23. The van der Waals surface area contributed by atoms with Crippen LogP contribution in [0.1, 0.15) is 25.3 Å². The number of hydrogen-bond donors (Lipinski definition) is 0. The van der Waals surface area contributed by atoms with Crippen molar-refractivity contribution in [2.24, 2.45) is 5.92 Å². The van der Waals surface area contributed by atoms with Gasteiger partial charge in [0, 0.05) is 19.2 Å². The Labute approximate surface area is 141 Å². The molecule has 0 unspecified atom stereocenters. The third-order valence-corrected chi connectivity index (χ3v) is 4.17. The highest BCUT2D eigenvalue weighted by molar-refractivity contribution is 5.92. The van der Waals surface area contributed by atoms with Crippen molar-refractivity contribution >= 4 is 18.0 Å². The number of amides is 1. The number of nitrogens with zero attached hydrogens (tertiary/aromatic N) is 1. The molecule has 2 aliphatic rings. The average molecular weight is 331 g/mol. The summed E-state index contributed by atoms with van der Waals surface area (Å²) in [5, 5.41) is 0. The number of benzene rings is 1. The Kier molecular flexibility index (Phi) is 5.03. The van der Waals surface area contributed by atoms with Crippen LogP contribution in [0, 0.1) is 5.92 Å². The third-order valence-electron chi connectivity index (χ3n) is 4.17. The lowest BCUT2D eigenvalue weighted by Crippen LogP contribution is -2.42. The number of rotatable bonds is 4. The van der Waals surface area contributed by atoms with Crippen LogP contribution in [0.4, 0.5) is 0 Å². The molecule has 0 spiro atoms. The number of piperidine rings is 1. The van der Waals surface area contributed by atoms with Gasteiger partial charge in [-0.25, -0.2) is 0 Å². The van der Waals surface area contributed by atoms with Gasteiger partial charge in [0.25, 0.3) is 0 Å². The van der Waals surface area contributed by atoms with E-state index in [1.807, 2.05) is 18.2 Å². The lowest BCUT2D eigenvalue weighted by atomic mass is 9.98. The molecule has 0 bridgehead atoms. The molecule has 1 aromatic rings. The minimum atomic E-state index is -0.221. The van der Waals surface area contributed by atoms with E-state index < -0.39 is 0 Å². The number of likely N-dealkylation sites (tertiary alicyclic amines) is 1. The van der Waals surface area contributed by atoms with Crippen molar-refractivity contribution in [1.82, 2.24) is 4.90 Å². The monoisotopic (exact) mass is 331 g/mol. The molecule has 1 amide bonds. The molecule has 1 aromatic carbocycles. The summed E-state index contributed by atoms with van der Waals surface area (Å²) in [7, 11) is 0. The maximum atomic E-state index is 12.4. The Balaban J connectivity index is 1.60. The molecule has 0 aromatic heterocycles. The van der Waals surface area contributed by atoms with Crippen LogP contribution in [0.25, 0.3) is 6.08 Å². The smallest absolute Gasteiger partial charge is 0.310 e. The Morgan fingerprint density at radius 2 is 2.17 bits per heavy atom. The first-order valence-corrected chi connectivity index (χ1v) is 8.20. The van der Waals surface area contributed by atoms with Gasteiger partial charge in [-0.05, 0) is 43.5 Å². The summed E-state index contributed by atoms with van der Waals surface area (Å²) in [5.41, 5.74) is 0.867. The van der Waals surface area contributed by atoms with Crippen molar-refractivity contribution < 1.29 is 23.8 Å². The largest absolute Gasteiger partial charge is 0.466 e. The van der Waals surface area contributed by atoms with Crippen molar-refractivity contribution in [3.05, 3.63) is 29.8 Å². The molecular formula is C18H21NO5. The van der Waals surface area contributed by atoms with Gasteiger partial charge in [0.1, 0.15) is 0 Å². The summed E-state index contributed by atoms with van der Waals surface area (Å²) in [6, 6.07) is 5.53. The zero-order chi connectivity index (χ0) is 16.9. The fourth-order valence-electron chi connectivity index (χ4n) is 2.92. The lowest BCUT2D eigenvalue weighted by molar-refractivity contribution is -0.150. The highest BCUT2D eigenvalue weighted by Gasteiger charge is 2.28. The fourth-order valence-corrected chi connectivity index (χ4v) is 2.92. The molecule has 128 valence electrons. The van der Waals surface area contributed by atoms with E-state index in [2.05, 4.69) is 0 Å². The third kappa shape index (κ3) is 3.69. The van der Waals surface area contributed by atoms with Crippen molar-refractivity contribution in [2.45, 2.75) is 19.8 Å². The summed E-state index contributed by atoms with van der Waals surface area (Å²) in [6.07, 6.45) is 4.87. The van der Waals surface area contributed by atoms with E-state index in [0.717, 1.165) is 18.4 Å². The first-order chi connectivity index (χ1) is 11.7. The van der Waals surface area contributed by atoms with Crippen LogP contribution in [0.2, 0.25) is 0 Å². The molecule has 24 heavy (non-hydrogen) atoms. The van der Waals surface area contributed by atoms with Crippen molar-refractivity contribution in [2.75, 3.05) is 26.5 Å². The van der Waals surface area contributed by atoms with E-state index in [0.29, 0.717) is 31.2 Å². The zero-order valence-electron chi connectivity index (χ0n) is 13.7. The number of ether oxygens (including phenoxy) is 3. The molecule has 6 heteroatoms. The van der Waals surface area contributed by atoms with Crippen molar-refractivity contribution in [3.63, 3.8) is 0 Å². The minimum Gasteiger partial charge on any atom is -0.466 e. The number of fused-ring (bicyclic) bond motifs is 1. The SMILES string of the molecule is CCOC(=O)[C@@H]1CCCN(C(=O)/C=C/c2ccc3c(c2)OCO3)C1. The van der Waals surface area contributed by atoms with Gasteiger partial charge in [0.2, 0.25) is 12.7 Å². The molecule has 2 aliphatic heterocycles. The van der Waals surface area contributed by atoms with Gasteiger partial charge < -0.3 is 19.1 Å². The van der Waals surface area contributed by atoms with Gasteiger partial charge in [0.05, 0.1) is 12.5 Å². The van der Waals surface area contributed by atoms with Crippen molar-refractivity contribution in [3.8, 4) is 11.5 Å². The first kappa shape index (κ1) is 16.4. The number of esters is 1. The lowest BCUT2D eigenvalue weighted by Gasteiger charge is -2.30. The Bertz CT molecular complexity index is 655. The molecular weight excluding hydrogens is 310 g/mol. The molecule has 0 radical (unpaired) electrons. The Hall–Kier alpha value is -2.50. The highest BCUT2D eigenvalue weighted by Crippen LogP contribution is 2.32. The standard InChI is InChI=1S/C18H21NO5/c1-2-22-18(21)14-4-3-9-19(11-14)17(20)8-6-13-5-7-15-16(10-13)24-12-23-15/h5-8,10,14H,2-4,9,11-12H2,1H3/b8-6+/t14-/m1/s1. The van der Waals surface area contributed by atoms with E-state index in [9.17, 15) is 9.59 Å². The second-order valence-corrected chi connectivity index (χ2v) is 5.82. The summed E-state index contributed by atoms with van der Waals surface area (Å²) in [4.78, 5) is 25.9. The van der Waals surface area contributed by atoms with Gasteiger partial charge in [-0.1, -0.05) is 6.07 Å². The molecule has 6 nitrogen and oxygen atoms in total. The summed E-state index contributed by atoms with van der Waals surface area (Å²) in [6.45, 7) is 3.47. The number of hydrogen-bond acceptors (Lipinski definition) is 5. The number of carbonyl (C=O) groups is 2. The Morgan fingerprint density at radius 1 is 1.33 bits per heavy atom. The normalized spacial score (nSPS) is 19.5. The zero-order valence-corrected chi connectivity index (χ0v) is 13.7. The van der Waals surface area contributed by atoms with Crippen LogP contribution in [0.5, 0.6) is 11.5 Å². The molecule has 0 N–H and O–H groups in total. The van der Waals surface area contributed by atoms with Crippen LogP contribution in [-0.2, 0) is 14.3 Å². The van der Waals surface area contributed by atoms with E-state index >= 15 is 0 Å². The fraction of sp³-hybridized carbons (Fsp3) is 0.444. The molecule has 1 atom stereocenters. The summed E-state index contributed by atoms with van der Waals surface area (Å²) in [5.74, 6) is 0.870. The summed E-state index contributed by atoms with van der Waals surface area (Å²) >= 11 is 0. The predicted molar refractivity (Wildman–Crippen MR) is 87.5 cm³/mol. The summed E-state index contributed by atoms with van der Waals surface area (Å²) < 4.78 is 15.6. The van der Waals surface area contributed by atoms with E-state index in [-0.39, 0.29) is 24.6 Å². The first-order valence-electron chi connectivity index (χ1n) is 8.20. The average Bonchev–Trinajstić information content (AvgIpc) is 3.07. The van der Waals surface area contributed by atoms with Gasteiger partial charge in [-0.3, -0.25) is 9.59 Å². The van der Waals surface area contributed by atoms with Gasteiger partial charge in [-0.2, -0.15) is 0 Å². The topological polar surface area (TPSA) is 65.1 Å². The molecule has 0 saturated carbocycles. The van der Waals surface area contributed by atoms with Crippen LogP contribution >= 0.6 is 0 Å². The van der Waals surface area contributed by atoms with Gasteiger partial charge >= 0.3 is 5.97 Å². The van der Waals surface area contributed by atoms with Crippen LogP contribution in [0.15, 0.2) is 24.3 Å². The molecule has 1 saturated heterocycles. The van der Waals surface area contributed by atoms with Crippen molar-refractivity contribution in [1.29, 1.82) is 0 Å². The van der Waals surface area contributed by atoms with Crippen LogP contribution in [0.3, 0.4) is 0 Å². The van der Waals surface area contributed by atoms with E-state index in [1.54, 1.807) is 17.9 Å². The van der Waals surface area contributed by atoms with E-state index in [1.165, 1.54) is 6.08 Å². The van der Waals surface area contributed by atoms with Crippen LogP contribution in [-0.4, -0.2) is 43.3 Å². The molecule has 3 rings (SSSR count). The molecule has 2 heterocycles. The van der Waals surface area contributed by atoms with Gasteiger partial charge in [0.15, 0.2) is 11.5 Å². The second-order valence-electron chi connectivity index (χ2n) is 5.82. The second kappa shape index (κ2) is 7.38. The Morgan fingerprint density at radius 3 is 3.00 bits per heavy atom. The number of carbonyl (C=O) groups excluding carboxylic acids is 2. The molecule has 0 aliphatic carbocycles. The van der Waals surface area contributed by atoms with E-state index in [4.69, 9.17) is 14.2 Å². The quantitative estimate of drug-likeness (QED) is 0.625. The maximum absolute atomic E-state index is 12.4. The highest BCUT2D eigenvalue weighted by atomic mass is 16.7. The molecule has 1 fully saturated rings.